The molecule has 0 saturated heterocycles. The van der Waals surface area contributed by atoms with E-state index in [2.05, 4.69) is 16.7 Å². The average Bonchev–Trinajstić information content (AvgIpc) is 2.59. The predicted octanol–water partition coefficient (Wildman–Crippen LogP) is 3.73. The Morgan fingerprint density at radius 3 is 2.61 bits per heavy atom. The van der Waals surface area contributed by atoms with Crippen molar-refractivity contribution in [2.24, 2.45) is 9.98 Å². The average molecular weight is 310 g/mol. The molecule has 0 radical (unpaired) electrons. The van der Waals surface area contributed by atoms with Crippen molar-refractivity contribution in [2.45, 2.75) is 45.4 Å². The molecule has 0 unspecified atom stereocenters. The monoisotopic (exact) mass is 310 g/mol. The maximum absolute atomic E-state index is 12.3. The van der Waals surface area contributed by atoms with Crippen LogP contribution < -0.4 is 0 Å². The SMILES string of the molecule is C=NC(=N/C=C\C)C(=O)CCC(=O)c1ccc2c(c1)CCCC2. The number of carbonyl (C=O) groups is 2. The van der Waals surface area contributed by atoms with E-state index in [1.165, 1.54) is 30.2 Å². The van der Waals surface area contributed by atoms with E-state index >= 15 is 0 Å². The summed E-state index contributed by atoms with van der Waals surface area (Å²) in [5.41, 5.74) is 3.31. The quantitative estimate of drug-likeness (QED) is 0.456. The number of carbonyl (C=O) groups excluding carboxylic acids is 2. The molecule has 0 saturated carbocycles. The Labute approximate surface area is 137 Å². The zero-order valence-electron chi connectivity index (χ0n) is 13.5. The number of hydrogen-bond donors (Lipinski definition) is 0. The van der Waals surface area contributed by atoms with Gasteiger partial charge < -0.3 is 0 Å². The van der Waals surface area contributed by atoms with Gasteiger partial charge in [-0.05, 0) is 56.5 Å². The van der Waals surface area contributed by atoms with Crippen molar-refractivity contribution in [3.05, 3.63) is 47.2 Å². The van der Waals surface area contributed by atoms with Gasteiger partial charge in [-0.1, -0.05) is 18.2 Å². The summed E-state index contributed by atoms with van der Waals surface area (Å²) in [6.07, 6.45) is 8.00. The Morgan fingerprint density at radius 1 is 1.17 bits per heavy atom. The molecule has 0 heterocycles. The van der Waals surface area contributed by atoms with Crippen LogP contribution in [0.25, 0.3) is 0 Å². The first-order valence-corrected chi connectivity index (χ1v) is 7.99. The lowest BCUT2D eigenvalue weighted by Gasteiger charge is -2.16. The molecule has 0 amide bonds. The summed E-state index contributed by atoms with van der Waals surface area (Å²) in [7, 11) is 0. The molecule has 23 heavy (non-hydrogen) atoms. The van der Waals surface area contributed by atoms with Gasteiger partial charge in [-0.3, -0.25) is 9.59 Å². The minimum atomic E-state index is -0.260. The molecule has 0 spiro atoms. The minimum Gasteiger partial charge on any atom is -0.294 e. The Balaban J connectivity index is 1.99. The lowest BCUT2D eigenvalue weighted by Crippen LogP contribution is -2.13. The van der Waals surface area contributed by atoms with E-state index in [0.29, 0.717) is 5.56 Å². The number of amidine groups is 1. The van der Waals surface area contributed by atoms with Gasteiger partial charge >= 0.3 is 0 Å². The van der Waals surface area contributed by atoms with Gasteiger partial charge in [0.25, 0.3) is 0 Å². The second-order valence-electron chi connectivity index (χ2n) is 5.63. The van der Waals surface area contributed by atoms with Gasteiger partial charge in [-0.25, -0.2) is 9.98 Å². The summed E-state index contributed by atoms with van der Waals surface area (Å²) >= 11 is 0. The number of aliphatic imine (C=N–C) groups is 2. The van der Waals surface area contributed by atoms with E-state index in [9.17, 15) is 9.59 Å². The zero-order chi connectivity index (χ0) is 16.7. The smallest absolute Gasteiger partial charge is 0.200 e. The fourth-order valence-corrected chi connectivity index (χ4v) is 2.74. The topological polar surface area (TPSA) is 58.9 Å². The van der Waals surface area contributed by atoms with Crippen LogP contribution in [0.2, 0.25) is 0 Å². The van der Waals surface area contributed by atoms with Crippen LogP contribution in [-0.2, 0) is 17.6 Å². The van der Waals surface area contributed by atoms with Crippen molar-refractivity contribution in [3.63, 3.8) is 0 Å². The fraction of sp³-hybridized carbons (Fsp3) is 0.368. The summed E-state index contributed by atoms with van der Waals surface area (Å²) in [6, 6.07) is 5.91. The van der Waals surface area contributed by atoms with Gasteiger partial charge in [0.2, 0.25) is 0 Å². The number of hydrogen-bond acceptors (Lipinski definition) is 3. The van der Waals surface area contributed by atoms with Crippen molar-refractivity contribution < 1.29 is 9.59 Å². The first-order valence-electron chi connectivity index (χ1n) is 7.99. The summed E-state index contributed by atoms with van der Waals surface area (Å²) in [4.78, 5) is 31.8. The number of aryl methyl sites for hydroxylation is 2. The molecule has 0 aliphatic heterocycles. The second kappa shape index (κ2) is 8.32. The number of allylic oxidation sites excluding steroid dienone is 1. The zero-order valence-corrected chi connectivity index (χ0v) is 13.5. The Kier molecular flexibility index (Phi) is 6.15. The highest BCUT2D eigenvalue weighted by atomic mass is 16.1. The maximum Gasteiger partial charge on any atom is 0.200 e. The van der Waals surface area contributed by atoms with E-state index in [1.807, 2.05) is 18.2 Å². The van der Waals surface area contributed by atoms with Gasteiger partial charge in [-0.2, -0.15) is 0 Å². The number of fused-ring (bicyclic) bond motifs is 1. The third-order valence-corrected chi connectivity index (χ3v) is 3.99. The standard InChI is InChI=1S/C19H22N2O2/c1-3-12-21-19(20-2)18(23)11-10-17(22)16-9-8-14-6-4-5-7-15(14)13-16/h3,8-9,12-13H,2,4-7,10-11H2,1H3/b12-3-,21-19?. The largest absolute Gasteiger partial charge is 0.294 e. The van der Waals surface area contributed by atoms with E-state index in [0.717, 1.165) is 12.8 Å². The molecule has 0 N–H and O–H groups in total. The number of rotatable bonds is 6. The first kappa shape index (κ1) is 17.0. The van der Waals surface area contributed by atoms with Crippen LogP contribution >= 0.6 is 0 Å². The van der Waals surface area contributed by atoms with Gasteiger partial charge in [-0.15, -0.1) is 0 Å². The van der Waals surface area contributed by atoms with E-state index in [4.69, 9.17) is 0 Å². The maximum atomic E-state index is 12.3. The molecule has 0 fully saturated rings. The summed E-state index contributed by atoms with van der Waals surface area (Å²) in [5, 5.41) is 0. The van der Waals surface area contributed by atoms with Gasteiger partial charge in [0.15, 0.2) is 17.4 Å². The Bertz CT molecular complexity index is 672. The Hall–Kier alpha value is -2.36. The molecular weight excluding hydrogens is 288 g/mol. The highest BCUT2D eigenvalue weighted by molar-refractivity contribution is 6.40. The summed E-state index contributed by atoms with van der Waals surface area (Å²) < 4.78 is 0. The van der Waals surface area contributed by atoms with Crippen molar-refractivity contribution in [3.8, 4) is 0 Å². The van der Waals surface area contributed by atoms with E-state index < -0.39 is 0 Å². The molecule has 0 aromatic heterocycles. The molecule has 2 rings (SSSR count). The predicted molar refractivity (Wildman–Crippen MR) is 93.5 cm³/mol. The summed E-state index contributed by atoms with van der Waals surface area (Å²) in [5.74, 6) is -0.216. The number of nitrogens with zero attached hydrogens (tertiary/aromatic N) is 2. The van der Waals surface area contributed by atoms with E-state index in [-0.39, 0.29) is 30.2 Å². The summed E-state index contributed by atoms with van der Waals surface area (Å²) in [6.45, 7) is 5.15. The van der Waals surface area contributed by atoms with Gasteiger partial charge in [0, 0.05) is 24.6 Å². The van der Waals surface area contributed by atoms with Crippen LogP contribution in [0.15, 0.2) is 40.5 Å². The fourth-order valence-electron chi connectivity index (χ4n) is 2.74. The third kappa shape index (κ3) is 4.55. The molecule has 1 aromatic carbocycles. The van der Waals surface area contributed by atoms with Crippen LogP contribution in [0, 0.1) is 0 Å². The molecule has 120 valence electrons. The normalized spacial score (nSPS) is 14.6. The van der Waals surface area contributed by atoms with Crippen LogP contribution in [0.3, 0.4) is 0 Å². The van der Waals surface area contributed by atoms with Gasteiger partial charge in [0.1, 0.15) is 0 Å². The molecule has 0 bridgehead atoms. The lowest BCUT2D eigenvalue weighted by molar-refractivity contribution is -0.113. The molecule has 4 heteroatoms. The van der Waals surface area contributed by atoms with Crippen LogP contribution in [0.1, 0.15) is 54.1 Å². The molecule has 1 aliphatic rings. The molecule has 4 nitrogen and oxygen atoms in total. The highest BCUT2D eigenvalue weighted by Crippen LogP contribution is 2.23. The lowest BCUT2D eigenvalue weighted by atomic mass is 9.89. The first-order chi connectivity index (χ1) is 11.2. The molecular formula is C19H22N2O2. The van der Waals surface area contributed by atoms with Crippen LogP contribution in [0.4, 0.5) is 0 Å². The second-order valence-corrected chi connectivity index (χ2v) is 5.63. The van der Waals surface area contributed by atoms with Crippen molar-refractivity contribution in [1.82, 2.24) is 0 Å². The number of benzene rings is 1. The third-order valence-electron chi connectivity index (χ3n) is 3.99. The minimum absolute atomic E-state index is 0.0128. The highest BCUT2D eigenvalue weighted by Gasteiger charge is 2.15. The van der Waals surface area contributed by atoms with Crippen LogP contribution in [-0.4, -0.2) is 24.1 Å². The Morgan fingerprint density at radius 2 is 1.91 bits per heavy atom. The van der Waals surface area contributed by atoms with E-state index in [1.54, 1.807) is 13.0 Å². The molecule has 1 aliphatic carbocycles. The van der Waals surface area contributed by atoms with Crippen LogP contribution in [0.5, 0.6) is 0 Å². The van der Waals surface area contributed by atoms with Crippen molar-refractivity contribution in [2.75, 3.05) is 0 Å². The number of Topliss-reactive ketones (excluding diaryl/α,β-unsaturated/α-hetero) is 2. The van der Waals surface area contributed by atoms with Crippen molar-refractivity contribution >= 4 is 24.1 Å². The van der Waals surface area contributed by atoms with Crippen molar-refractivity contribution in [1.29, 1.82) is 0 Å². The number of ketones is 2. The molecule has 1 aromatic rings. The molecule has 0 atom stereocenters. The van der Waals surface area contributed by atoms with Gasteiger partial charge in [0.05, 0.1) is 0 Å².